The first-order valence-electron chi connectivity index (χ1n) is 6.73. The van der Waals surface area contributed by atoms with E-state index in [1.807, 2.05) is 21.1 Å². The van der Waals surface area contributed by atoms with Crippen molar-refractivity contribution >= 4 is 12.1 Å². The van der Waals surface area contributed by atoms with E-state index in [-0.39, 0.29) is 5.91 Å². The van der Waals surface area contributed by atoms with Gasteiger partial charge in [0.25, 0.3) is 5.91 Å². The van der Waals surface area contributed by atoms with Crippen LogP contribution < -0.4 is 19.6 Å². The fourth-order valence-corrected chi connectivity index (χ4v) is 1.82. The van der Waals surface area contributed by atoms with Crippen LogP contribution in [0.4, 0.5) is 0 Å². The lowest BCUT2D eigenvalue weighted by molar-refractivity contribution is -0.862. The highest BCUT2D eigenvalue weighted by Crippen LogP contribution is 2.37. The van der Waals surface area contributed by atoms with Gasteiger partial charge in [-0.1, -0.05) is 0 Å². The van der Waals surface area contributed by atoms with E-state index in [1.165, 1.54) is 6.21 Å². The highest BCUT2D eigenvalue weighted by molar-refractivity contribution is 5.84. The summed E-state index contributed by atoms with van der Waals surface area (Å²) in [5.74, 6) is 1.41. The van der Waals surface area contributed by atoms with Gasteiger partial charge >= 0.3 is 0 Å². The number of hydrogen-bond donors (Lipinski definition) is 1. The van der Waals surface area contributed by atoms with Crippen molar-refractivity contribution in [3.05, 3.63) is 17.7 Å². The van der Waals surface area contributed by atoms with Gasteiger partial charge in [0, 0.05) is 5.56 Å². The summed E-state index contributed by atoms with van der Waals surface area (Å²) in [6, 6.07) is 3.49. The van der Waals surface area contributed by atoms with Crippen LogP contribution in [-0.2, 0) is 4.79 Å². The maximum Gasteiger partial charge on any atom is 0.295 e. The normalized spacial score (nSPS) is 11.4. The highest BCUT2D eigenvalue weighted by Gasteiger charge is 2.14. The minimum atomic E-state index is -0.156. The molecule has 0 aliphatic rings. The smallest absolute Gasteiger partial charge is 0.295 e. The van der Waals surface area contributed by atoms with Crippen LogP contribution in [0.2, 0.25) is 0 Å². The van der Waals surface area contributed by atoms with E-state index in [4.69, 9.17) is 14.2 Å². The number of hydrogen-bond acceptors (Lipinski definition) is 5. The fourth-order valence-electron chi connectivity index (χ4n) is 1.82. The Morgan fingerprint density at radius 3 is 2.09 bits per heavy atom. The number of nitrogens with one attached hydrogen (secondary N) is 1. The minimum absolute atomic E-state index is 0.156. The molecule has 22 heavy (non-hydrogen) atoms. The molecule has 0 aliphatic heterocycles. The Labute approximate surface area is 131 Å². The number of carbonyl (C=O) groups excluding carboxylic acids is 1. The molecule has 7 nitrogen and oxygen atoms in total. The molecule has 7 heteroatoms. The van der Waals surface area contributed by atoms with E-state index in [0.717, 1.165) is 5.56 Å². The Balaban J connectivity index is 2.85. The summed E-state index contributed by atoms with van der Waals surface area (Å²) in [4.78, 5) is 11.7. The van der Waals surface area contributed by atoms with Crippen LogP contribution in [0.5, 0.6) is 17.2 Å². The third kappa shape index (κ3) is 5.25. The van der Waals surface area contributed by atoms with Crippen LogP contribution >= 0.6 is 0 Å². The molecule has 0 aliphatic carbocycles. The number of ether oxygens (including phenoxy) is 3. The van der Waals surface area contributed by atoms with E-state index in [2.05, 4.69) is 10.5 Å². The quantitative estimate of drug-likeness (QED) is 0.461. The number of rotatable bonds is 7. The van der Waals surface area contributed by atoms with Crippen molar-refractivity contribution in [2.75, 3.05) is 49.0 Å². The van der Waals surface area contributed by atoms with Crippen molar-refractivity contribution in [2.45, 2.75) is 0 Å². The summed E-state index contributed by atoms with van der Waals surface area (Å²) in [5, 5.41) is 3.95. The molecule has 0 heterocycles. The molecule has 0 bridgehead atoms. The van der Waals surface area contributed by atoms with E-state index in [0.29, 0.717) is 28.3 Å². The van der Waals surface area contributed by atoms with Crippen molar-refractivity contribution < 1.29 is 23.5 Å². The zero-order valence-corrected chi connectivity index (χ0v) is 14.0. The van der Waals surface area contributed by atoms with Gasteiger partial charge in [0.1, 0.15) is 0 Å². The number of quaternary nitrogens is 1. The molecule has 1 rings (SSSR count). The summed E-state index contributed by atoms with van der Waals surface area (Å²) in [5.41, 5.74) is 3.22. The van der Waals surface area contributed by atoms with Gasteiger partial charge < -0.3 is 18.7 Å². The summed E-state index contributed by atoms with van der Waals surface area (Å²) in [6.45, 7) is 0.340. The predicted molar refractivity (Wildman–Crippen MR) is 84.7 cm³/mol. The number of hydrazone groups is 1. The van der Waals surface area contributed by atoms with Crippen molar-refractivity contribution in [3.63, 3.8) is 0 Å². The summed E-state index contributed by atoms with van der Waals surface area (Å²) < 4.78 is 16.3. The lowest BCUT2D eigenvalue weighted by Gasteiger charge is -2.22. The number of methoxy groups -OCH3 is 3. The van der Waals surface area contributed by atoms with Gasteiger partial charge in [0.2, 0.25) is 5.75 Å². The topological polar surface area (TPSA) is 69.2 Å². The van der Waals surface area contributed by atoms with Crippen LogP contribution in [0.3, 0.4) is 0 Å². The fraction of sp³-hybridized carbons (Fsp3) is 0.467. The van der Waals surface area contributed by atoms with Gasteiger partial charge in [-0.2, -0.15) is 5.10 Å². The number of likely N-dealkylation sites (N-methyl/N-ethyl adjacent to an activating group) is 1. The van der Waals surface area contributed by atoms with Crippen molar-refractivity contribution in [1.29, 1.82) is 0 Å². The zero-order chi connectivity index (χ0) is 16.8. The largest absolute Gasteiger partial charge is 0.493 e. The first kappa shape index (κ1) is 17.8. The standard InChI is InChI=1S/C15H23N3O4/c1-18(2,3)10-14(19)17-16-9-11-7-12(20-4)15(22-6)13(8-11)21-5/h7-9H,10H2,1-6H3/p+1/b16-9+. The van der Waals surface area contributed by atoms with E-state index >= 15 is 0 Å². The van der Waals surface area contributed by atoms with Crippen molar-refractivity contribution in [3.8, 4) is 17.2 Å². The average Bonchev–Trinajstić information content (AvgIpc) is 2.44. The Morgan fingerprint density at radius 2 is 1.68 bits per heavy atom. The molecule has 0 saturated heterocycles. The molecule has 0 atom stereocenters. The minimum Gasteiger partial charge on any atom is -0.493 e. The molecule has 1 aromatic carbocycles. The first-order valence-corrected chi connectivity index (χ1v) is 6.73. The summed E-state index contributed by atoms with van der Waals surface area (Å²) in [6.07, 6.45) is 1.53. The van der Waals surface area contributed by atoms with E-state index in [9.17, 15) is 4.79 Å². The lowest BCUT2D eigenvalue weighted by Crippen LogP contribution is -2.43. The van der Waals surface area contributed by atoms with Gasteiger partial charge in [0.15, 0.2) is 18.0 Å². The Bertz CT molecular complexity index is 525. The molecule has 1 amide bonds. The van der Waals surface area contributed by atoms with Crippen LogP contribution in [0.25, 0.3) is 0 Å². The predicted octanol–water partition coefficient (Wildman–Crippen LogP) is 0.869. The van der Waals surface area contributed by atoms with Gasteiger partial charge in [-0.15, -0.1) is 0 Å². The van der Waals surface area contributed by atoms with Gasteiger partial charge in [0.05, 0.1) is 48.7 Å². The maximum absolute atomic E-state index is 11.7. The SMILES string of the molecule is COc1cc(/C=N/NC(=O)C[N+](C)(C)C)cc(OC)c1OC. The van der Waals surface area contributed by atoms with Crippen LogP contribution in [0.15, 0.2) is 17.2 Å². The second-order valence-corrected chi connectivity index (χ2v) is 5.70. The molecular weight excluding hydrogens is 286 g/mol. The van der Waals surface area contributed by atoms with Crippen LogP contribution in [-0.4, -0.2) is 65.6 Å². The van der Waals surface area contributed by atoms with E-state index in [1.54, 1.807) is 33.5 Å². The molecule has 0 aromatic heterocycles. The van der Waals surface area contributed by atoms with Crippen LogP contribution in [0.1, 0.15) is 5.56 Å². The molecule has 1 aromatic rings. The molecule has 0 unspecified atom stereocenters. The lowest BCUT2D eigenvalue weighted by atomic mass is 10.2. The highest BCUT2D eigenvalue weighted by atomic mass is 16.5. The summed E-state index contributed by atoms with van der Waals surface area (Å²) >= 11 is 0. The van der Waals surface area contributed by atoms with Crippen LogP contribution in [0, 0.1) is 0 Å². The Kier molecular flexibility index (Phi) is 6.18. The Hall–Kier alpha value is -2.28. The van der Waals surface area contributed by atoms with Crippen molar-refractivity contribution in [1.82, 2.24) is 5.43 Å². The number of amides is 1. The second kappa shape index (κ2) is 7.65. The molecular formula is C15H24N3O4+. The molecule has 122 valence electrons. The third-order valence-corrected chi connectivity index (χ3v) is 2.71. The maximum atomic E-state index is 11.7. The number of benzene rings is 1. The molecule has 0 fully saturated rings. The monoisotopic (exact) mass is 310 g/mol. The first-order chi connectivity index (χ1) is 10.3. The summed E-state index contributed by atoms with van der Waals surface area (Å²) in [7, 11) is 10.4. The van der Waals surface area contributed by atoms with Gasteiger partial charge in [-0.3, -0.25) is 4.79 Å². The Morgan fingerprint density at radius 1 is 1.14 bits per heavy atom. The number of nitrogens with zero attached hydrogens (tertiary/aromatic N) is 2. The average molecular weight is 310 g/mol. The third-order valence-electron chi connectivity index (χ3n) is 2.71. The zero-order valence-electron chi connectivity index (χ0n) is 14.0. The molecule has 0 saturated carbocycles. The van der Waals surface area contributed by atoms with Gasteiger partial charge in [-0.05, 0) is 12.1 Å². The number of carbonyl (C=O) groups is 1. The van der Waals surface area contributed by atoms with Gasteiger partial charge in [-0.25, -0.2) is 5.43 Å². The molecule has 1 N–H and O–H groups in total. The van der Waals surface area contributed by atoms with Crippen molar-refractivity contribution in [2.24, 2.45) is 5.10 Å². The molecule has 0 radical (unpaired) electrons. The van der Waals surface area contributed by atoms with E-state index < -0.39 is 0 Å². The molecule has 0 spiro atoms. The second-order valence-electron chi connectivity index (χ2n) is 5.70.